The quantitative estimate of drug-likeness (QED) is 0.393. The normalized spacial score (nSPS) is 10.3. The van der Waals surface area contributed by atoms with Crippen LogP contribution in [0.15, 0.2) is 54.7 Å². The second kappa shape index (κ2) is 8.02. The SMILES string of the molecule is Cc1ccc2c(c1)nc(N)c1ncc(C#Cc3ccc(CC#CCO)cc3)cc12. The minimum absolute atomic E-state index is 0.111. The number of benzene rings is 2. The van der Waals surface area contributed by atoms with Gasteiger partial charge < -0.3 is 10.8 Å². The number of anilines is 1. The Morgan fingerprint density at radius 3 is 2.52 bits per heavy atom. The van der Waals surface area contributed by atoms with Gasteiger partial charge in [0.25, 0.3) is 0 Å². The zero-order chi connectivity index (χ0) is 20.2. The highest BCUT2D eigenvalue weighted by Crippen LogP contribution is 2.27. The number of aliphatic hydroxyl groups is 1. The molecule has 4 nitrogen and oxygen atoms in total. The molecular formula is C25H19N3O. The molecule has 0 spiro atoms. The first-order valence-electron chi connectivity index (χ1n) is 9.27. The summed E-state index contributed by atoms with van der Waals surface area (Å²) in [6, 6.07) is 16.1. The Morgan fingerprint density at radius 2 is 1.72 bits per heavy atom. The van der Waals surface area contributed by atoms with Crippen LogP contribution < -0.4 is 5.73 Å². The first kappa shape index (κ1) is 18.5. The van der Waals surface area contributed by atoms with E-state index in [-0.39, 0.29) is 6.61 Å². The van der Waals surface area contributed by atoms with Crippen LogP contribution in [0, 0.1) is 30.6 Å². The summed E-state index contributed by atoms with van der Waals surface area (Å²) in [6.07, 6.45) is 2.34. The van der Waals surface area contributed by atoms with Gasteiger partial charge in [0, 0.05) is 34.5 Å². The van der Waals surface area contributed by atoms with Crippen LogP contribution in [0.4, 0.5) is 5.82 Å². The molecule has 4 aromatic rings. The van der Waals surface area contributed by atoms with E-state index in [2.05, 4.69) is 45.8 Å². The molecule has 0 amide bonds. The third kappa shape index (κ3) is 4.04. The van der Waals surface area contributed by atoms with Gasteiger partial charge >= 0.3 is 0 Å². The molecule has 2 aromatic heterocycles. The minimum Gasteiger partial charge on any atom is -0.384 e. The van der Waals surface area contributed by atoms with Crippen LogP contribution in [0.5, 0.6) is 0 Å². The van der Waals surface area contributed by atoms with Crippen LogP contribution in [0.3, 0.4) is 0 Å². The number of pyridine rings is 2. The predicted octanol–water partition coefficient (Wildman–Crippen LogP) is 3.61. The number of hydrogen-bond donors (Lipinski definition) is 2. The van der Waals surface area contributed by atoms with Crippen molar-refractivity contribution >= 4 is 27.6 Å². The van der Waals surface area contributed by atoms with Crippen molar-refractivity contribution in [2.24, 2.45) is 0 Å². The number of aryl methyl sites for hydroxylation is 1. The molecule has 140 valence electrons. The van der Waals surface area contributed by atoms with E-state index >= 15 is 0 Å². The summed E-state index contributed by atoms with van der Waals surface area (Å²) in [7, 11) is 0. The van der Waals surface area contributed by atoms with Crippen LogP contribution in [0.1, 0.15) is 22.3 Å². The van der Waals surface area contributed by atoms with E-state index in [0.717, 1.165) is 38.5 Å². The molecule has 0 saturated carbocycles. The van der Waals surface area contributed by atoms with Crippen molar-refractivity contribution in [2.45, 2.75) is 13.3 Å². The zero-order valence-electron chi connectivity index (χ0n) is 16.0. The van der Waals surface area contributed by atoms with Crippen molar-refractivity contribution in [1.29, 1.82) is 0 Å². The molecule has 0 aliphatic rings. The number of aliphatic hydroxyl groups excluding tert-OH is 1. The van der Waals surface area contributed by atoms with Crippen LogP contribution in [-0.2, 0) is 6.42 Å². The maximum Gasteiger partial charge on any atom is 0.150 e. The van der Waals surface area contributed by atoms with Crippen molar-refractivity contribution in [2.75, 3.05) is 12.3 Å². The number of rotatable bonds is 1. The molecule has 2 aromatic carbocycles. The van der Waals surface area contributed by atoms with Gasteiger partial charge in [0.1, 0.15) is 12.1 Å². The summed E-state index contributed by atoms with van der Waals surface area (Å²) in [5.41, 5.74) is 11.6. The Bertz CT molecular complexity index is 1330. The second-order valence-corrected chi connectivity index (χ2v) is 6.77. The maximum absolute atomic E-state index is 8.71. The molecular weight excluding hydrogens is 358 g/mol. The van der Waals surface area contributed by atoms with Gasteiger partial charge in [-0.05, 0) is 42.3 Å². The molecule has 0 unspecified atom stereocenters. The lowest BCUT2D eigenvalue weighted by atomic mass is 10.1. The van der Waals surface area contributed by atoms with Crippen molar-refractivity contribution in [3.05, 3.63) is 77.0 Å². The average molecular weight is 377 g/mol. The molecule has 0 radical (unpaired) electrons. The number of aromatic nitrogens is 2. The summed E-state index contributed by atoms with van der Waals surface area (Å²) >= 11 is 0. The van der Waals surface area contributed by atoms with Gasteiger partial charge in [-0.1, -0.05) is 47.9 Å². The van der Waals surface area contributed by atoms with Gasteiger partial charge in [-0.25, -0.2) is 4.98 Å². The average Bonchev–Trinajstić information content (AvgIpc) is 2.73. The van der Waals surface area contributed by atoms with Gasteiger partial charge in [0.2, 0.25) is 0 Å². The van der Waals surface area contributed by atoms with Crippen molar-refractivity contribution < 1.29 is 5.11 Å². The molecule has 4 heteroatoms. The van der Waals surface area contributed by atoms with Gasteiger partial charge in [-0.3, -0.25) is 4.98 Å². The van der Waals surface area contributed by atoms with E-state index in [4.69, 9.17) is 10.8 Å². The van der Waals surface area contributed by atoms with Gasteiger partial charge in [-0.15, -0.1) is 0 Å². The predicted molar refractivity (Wildman–Crippen MR) is 117 cm³/mol. The van der Waals surface area contributed by atoms with E-state index in [1.807, 2.05) is 43.3 Å². The highest BCUT2D eigenvalue weighted by atomic mass is 16.2. The molecule has 29 heavy (non-hydrogen) atoms. The Hall–Kier alpha value is -3.86. The number of nitrogens with zero attached hydrogens (tertiary/aromatic N) is 2. The van der Waals surface area contributed by atoms with E-state index in [9.17, 15) is 0 Å². The second-order valence-electron chi connectivity index (χ2n) is 6.77. The minimum atomic E-state index is -0.111. The van der Waals surface area contributed by atoms with Gasteiger partial charge in [0.05, 0.1) is 5.52 Å². The fourth-order valence-electron chi connectivity index (χ4n) is 3.16. The topological polar surface area (TPSA) is 72.0 Å². The fourth-order valence-corrected chi connectivity index (χ4v) is 3.16. The standard InChI is InChI=1S/C25H19N3O/c1-17-5-12-21-22-15-20(16-27-24(22)25(26)28-23(21)14-17)11-10-19-8-6-18(7-9-19)4-2-3-13-29/h5-9,12,14-16,29H,4,13H2,1H3,(H2,26,28). The number of nitrogens with two attached hydrogens (primary N) is 1. The molecule has 0 aliphatic carbocycles. The highest BCUT2D eigenvalue weighted by Gasteiger charge is 2.08. The van der Waals surface area contributed by atoms with Gasteiger partial charge in [-0.2, -0.15) is 0 Å². The third-order valence-electron chi connectivity index (χ3n) is 4.62. The molecule has 0 fully saturated rings. The Morgan fingerprint density at radius 1 is 0.931 bits per heavy atom. The monoisotopic (exact) mass is 377 g/mol. The van der Waals surface area contributed by atoms with Crippen LogP contribution >= 0.6 is 0 Å². The summed E-state index contributed by atoms with van der Waals surface area (Å²) in [5, 5.41) is 10.7. The van der Waals surface area contributed by atoms with Crippen molar-refractivity contribution in [3.8, 4) is 23.7 Å². The van der Waals surface area contributed by atoms with E-state index in [1.165, 1.54) is 0 Å². The first-order chi connectivity index (χ1) is 14.1. The summed E-state index contributed by atoms with van der Waals surface area (Å²) in [4.78, 5) is 8.97. The van der Waals surface area contributed by atoms with E-state index in [1.54, 1.807) is 6.20 Å². The molecule has 2 heterocycles. The van der Waals surface area contributed by atoms with Crippen molar-refractivity contribution in [1.82, 2.24) is 9.97 Å². The lowest BCUT2D eigenvalue weighted by Crippen LogP contribution is -1.96. The van der Waals surface area contributed by atoms with Crippen LogP contribution in [0.25, 0.3) is 21.8 Å². The third-order valence-corrected chi connectivity index (χ3v) is 4.62. The fraction of sp³-hybridized carbons (Fsp3) is 0.120. The lowest BCUT2D eigenvalue weighted by Gasteiger charge is -2.07. The number of nitrogen functional groups attached to an aromatic ring is 1. The summed E-state index contributed by atoms with van der Waals surface area (Å²) in [5.74, 6) is 12.4. The Balaban J connectivity index is 1.68. The Kier molecular flexibility index (Phi) is 5.12. The maximum atomic E-state index is 8.71. The lowest BCUT2D eigenvalue weighted by molar-refractivity contribution is 0.350. The first-order valence-corrected chi connectivity index (χ1v) is 9.27. The molecule has 0 bridgehead atoms. The van der Waals surface area contributed by atoms with E-state index in [0.29, 0.717) is 17.8 Å². The molecule has 0 saturated heterocycles. The number of hydrogen-bond acceptors (Lipinski definition) is 4. The molecule has 3 N–H and O–H groups in total. The molecule has 0 atom stereocenters. The largest absolute Gasteiger partial charge is 0.384 e. The van der Waals surface area contributed by atoms with Crippen LogP contribution in [0.2, 0.25) is 0 Å². The van der Waals surface area contributed by atoms with Crippen molar-refractivity contribution in [3.63, 3.8) is 0 Å². The summed E-state index contributed by atoms with van der Waals surface area (Å²) < 4.78 is 0. The van der Waals surface area contributed by atoms with Crippen LogP contribution in [-0.4, -0.2) is 21.7 Å². The highest BCUT2D eigenvalue weighted by molar-refractivity contribution is 6.08. The summed E-state index contributed by atoms with van der Waals surface area (Å²) in [6.45, 7) is 1.92. The number of fused-ring (bicyclic) bond motifs is 3. The smallest absolute Gasteiger partial charge is 0.150 e. The van der Waals surface area contributed by atoms with Gasteiger partial charge in [0.15, 0.2) is 5.82 Å². The molecule has 4 rings (SSSR count). The zero-order valence-corrected chi connectivity index (χ0v) is 16.0. The van der Waals surface area contributed by atoms with E-state index < -0.39 is 0 Å². The molecule has 0 aliphatic heterocycles. The Labute approximate surface area is 169 Å².